The van der Waals surface area contributed by atoms with E-state index in [0.29, 0.717) is 5.92 Å². The fourth-order valence-corrected chi connectivity index (χ4v) is 3.88. The number of piperazine rings is 1. The van der Waals surface area contributed by atoms with Gasteiger partial charge < -0.3 is 15.1 Å². The highest BCUT2D eigenvalue weighted by molar-refractivity contribution is 5.73. The van der Waals surface area contributed by atoms with Crippen LogP contribution in [0, 0.1) is 5.92 Å². The van der Waals surface area contributed by atoms with Gasteiger partial charge in [0.15, 0.2) is 0 Å². The molecule has 3 rings (SSSR count). The van der Waals surface area contributed by atoms with Crippen molar-refractivity contribution >= 4 is 6.03 Å². The molecule has 25 heavy (non-hydrogen) atoms. The van der Waals surface area contributed by atoms with Gasteiger partial charge in [-0.1, -0.05) is 24.3 Å². The minimum Gasteiger partial charge on any atom is -0.341 e. The summed E-state index contributed by atoms with van der Waals surface area (Å²) in [5.74, 6) is 0.699. The number of amides is 2. The third kappa shape index (κ3) is 5.19. The molecule has 2 saturated heterocycles. The number of likely N-dealkylation sites (N-methyl/N-ethyl adjacent to an activating group) is 1. The summed E-state index contributed by atoms with van der Waals surface area (Å²) >= 11 is 0. The van der Waals surface area contributed by atoms with E-state index in [1.165, 1.54) is 37.3 Å². The molecule has 1 aromatic rings. The molecule has 5 nitrogen and oxygen atoms in total. The molecule has 0 atom stereocenters. The molecule has 0 radical (unpaired) electrons. The van der Waals surface area contributed by atoms with Gasteiger partial charge in [0.05, 0.1) is 0 Å². The second kappa shape index (κ2) is 8.68. The molecule has 138 valence electrons. The lowest BCUT2D eigenvalue weighted by Gasteiger charge is -2.32. The number of nitrogens with zero attached hydrogens (tertiary/aromatic N) is 3. The maximum absolute atomic E-state index is 11.7. The normalized spacial score (nSPS) is 20.6. The third-order valence-corrected chi connectivity index (χ3v) is 5.67. The number of hydrogen-bond acceptors (Lipinski definition) is 3. The number of rotatable bonds is 4. The molecule has 2 heterocycles. The molecule has 2 fully saturated rings. The monoisotopic (exact) mass is 344 g/mol. The zero-order valence-corrected chi connectivity index (χ0v) is 15.7. The summed E-state index contributed by atoms with van der Waals surface area (Å²) in [5.41, 5.74) is 2.85. The number of hydrogen-bond donors (Lipinski definition) is 1. The number of carbonyl (C=O) groups excluding carboxylic acids is 1. The van der Waals surface area contributed by atoms with Crippen molar-refractivity contribution in [2.24, 2.45) is 5.92 Å². The quantitative estimate of drug-likeness (QED) is 0.908. The van der Waals surface area contributed by atoms with E-state index < -0.39 is 0 Å². The highest BCUT2D eigenvalue weighted by Gasteiger charge is 2.22. The number of likely N-dealkylation sites (tertiary alicyclic amines) is 1. The van der Waals surface area contributed by atoms with Gasteiger partial charge in [-0.25, -0.2) is 4.79 Å². The summed E-state index contributed by atoms with van der Waals surface area (Å²) in [7, 11) is 3.91. The predicted molar refractivity (Wildman–Crippen MR) is 102 cm³/mol. The molecule has 2 amide bonds. The lowest BCUT2D eigenvalue weighted by molar-refractivity contribution is 0.148. The van der Waals surface area contributed by atoms with Crippen LogP contribution in [-0.2, 0) is 13.0 Å². The van der Waals surface area contributed by atoms with Crippen molar-refractivity contribution < 1.29 is 4.79 Å². The summed E-state index contributed by atoms with van der Waals surface area (Å²) < 4.78 is 0. The summed E-state index contributed by atoms with van der Waals surface area (Å²) in [5, 5.41) is 2.72. The fraction of sp³-hybridized carbons (Fsp3) is 0.650. The molecular formula is C20H32N4O. The molecule has 0 aliphatic carbocycles. The van der Waals surface area contributed by atoms with Gasteiger partial charge in [0.1, 0.15) is 0 Å². The topological polar surface area (TPSA) is 38.8 Å². The average molecular weight is 345 g/mol. The van der Waals surface area contributed by atoms with E-state index in [-0.39, 0.29) is 6.03 Å². The zero-order chi connectivity index (χ0) is 17.6. The number of piperidine rings is 1. The minimum atomic E-state index is 0.0618. The van der Waals surface area contributed by atoms with Crippen molar-refractivity contribution in [2.75, 3.05) is 53.4 Å². The first-order valence-corrected chi connectivity index (χ1v) is 9.59. The van der Waals surface area contributed by atoms with Crippen molar-refractivity contribution in [1.29, 1.82) is 0 Å². The first kappa shape index (κ1) is 18.2. The molecule has 0 unspecified atom stereocenters. The molecule has 1 N–H and O–H groups in total. The van der Waals surface area contributed by atoms with E-state index in [4.69, 9.17) is 0 Å². The van der Waals surface area contributed by atoms with E-state index in [1.807, 2.05) is 4.90 Å². The Bertz CT molecular complexity index is 543. The summed E-state index contributed by atoms with van der Waals surface area (Å²) in [6.45, 7) is 7.51. The van der Waals surface area contributed by atoms with Crippen molar-refractivity contribution in [3.63, 3.8) is 0 Å². The molecule has 5 heteroatoms. The minimum absolute atomic E-state index is 0.0618. The first-order valence-electron chi connectivity index (χ1n) is 9.59. The van der Waals surface area contributed by atoms with Crippen LogP contribution >= 0.6 is 0 Å². The Morgan fingerprint density at radius 1 is 1.00 bits per heavy atom. The molecule has 0 bridgehead atoms. The predicted octanol–water partition coefficient (Wildman–Crippen LogP) is 2.03. The van der Waals surface area contributed by atoms with E-state index in [0.717, 1.165) is 38.9 Å². The largest absolute Gasteiger partial charge is 0.341 e. The van der Waals surface area contributed by atoms with Crippen LogP contribution in [0.2, 0.25) is 0 Å². The fourth-order valence-electron chi connectivity index (χ4n) is 3.88. The molecule has 0 aromatic heterocycles. The lowest BCUT2D eigenvalue weighted by Crippen LogP contribution is -2.43. The van der Waals surface area contributed by atoms with Gasteiger partial charge in [0.25, 0.3) is 0 Å². The number of benzene rings is 1. The van der Waals surface area contributed by atoms with E-state index in [9.17, 15) is 4.79 Å². The number of carbonyl (C=O) groups is 1. The summed E-state index contributed by atoms with van der Waals surface area (Å²) in [6.07, 6.45) is 3.35. The Hall–Kier alpha value is -1.59. The van der Waals surface area contributed by atoms with Crippen LogP contribution in [0.4, 0.5) is 4.79 Å². The van der Waals surface area contributed by atoms with E-state index >= 15 is 0 Å². The van der Waals surface area contributed by atoms with Crippen molar-refractivity contribution in [3.8, 4) is 0 Å². The van der Waals surface area contributed by atoms with Crippen LogP contribution in [0.5, 0.6) is 0 Å². The third-order valence-electron chi connectivity index (χ3n) is 5.67. The van der Waals surface area contributed by atoms with Gasteiger partial charge in [-0.05, 0) is 43.4 Å². The molecule has 2 aliphatic heterocycles. The van der Waals surface area contributed by atoms with Gasteiger partial charge in [-0.3, -0.25) is 4.90 Å². The number of nitrogens with one attached hydrogen (secondary N) is 1. The molecule has 0 saturated carbocycles. The van der Waals surface area contributed by atoms with Gasteiger partial charge >= 0.3 is 6.03 Å². The van der Waals surface area contributed by atoms with Crippen LogP contribution in [0.1, 0.15) is 24.0 Å². The van der Waals surface area contributed by atoms with E-state index in [2.05, 4.69) is 46.4 Å². The van der Waals surface area contributed by atoms with Gasteiger partial charge in [-0.2, -0.15) is 0 Å². The van der Waals surface area contributed by atoms with Gasteiger partial charge in [0, 0.05) is 52.9 Å². The Kier molecular flexibility index (Phi) is 6.32. The van der Waals surface area contributed by atoms with E-state index in [1.54, 1.807) is 7.05 Å². The van der Waals surface area contributed by atoms with Gasteiger partial charge in [-0.15, -0.1) is 0 Å². The average Bonchev–Trinajstić information content (AvgIpc) is 2.65. The first-order chi connectivity index (χ1) is 12.1. The maximum Gasteiger partial charge on any atom is 0.317 e. The molecule has 0 spiro atoms. The van der Waals surface area contributed by atoms with Crippen LogP contribution in [0.15, 0.2) is 24.3 Å². The van der Waals surface area contributed by atoms with Crippen LogP contribution in [0.25, 0.3) is 0 Å². The number of urea groups is 1. The Morgan fingerprint density at radius 2 is 1.60 bits per heavy atom. The molecule has 1 aromatic carbocycles. The second-order valence-corrected chi connectivity index (χ2v) is 7.59. The van der Waals surface area contributed by atoms with Crippen LogP contribution < -0.4 is 5.32 Å². The summed E-state index contributed by atoms with van der Waals surface area (Å²) in [4.78, 5) is 18.5. The highest BCUT2D eigenvalue weighted by atomic mass is 16.2. The summed E-state index contributed by atoms with van der Waals surface area (Å²) in [6, 6.07) is 9.26. The second-order valence-electron chi connectivity index (χ2n) is 7.59. The standard InChI is InChI=1S/C20H32N4O/c1-21-20(25)24-9-7-18(8-10-24)15-17-3-5-19(6-4-17)16-23-13-11-22(2)12-14-23/h3-6,18H,7-16H2,1-2H3,(H,21,25). The zero-order valence-electron chi connectivity index (χ0n) is 15.7. The highest BCUT2D eigenvalue weighted by Crippen LogP contribution is 2.22. The molecular weight excluding hydrogens is 312 g/mol. The van der Waals surface area contributed by atoms with Crippen LogP contribution in [-0.4, -0.2) is 74.1 Å². The smallest absolute Gasteiger partial charge is 0.317 e. The Morgan fingerprint density at radius 3 is 2.20 bits per heavy atom. The van der Waals surface area contributed by atoms with Gasteiger partial charge in [0.2, 0.25) is 0 Å². The van der Waals surface area contributed by atoms with Crippen molar-refractivity contribution in [1.82, 2.24) is 20.0 Å². The van der Waals surface area contributed by atoms with Crippen LogP contribution in [0.3, 0.4) is 0 Å². The maximum atomic E-state index is 11.7. The Labute approximate surface area is 152 Å². The Balaban J connectivity index is 1.44. The van der Waals surface area contributed by atoms with Crippen molar-refractivity contribution in [2.45, 2.75) is 25.8 Å². The van der Waals surface area contributed by atoms with Crippen molar-refractivity contribution in [3.05, 3.63) is 35.4 Å². The molecule has 2 aliphatic rings. The lowest BCUT2D eigenvalue weighted by atomic mass is 9.90. The SMILES string of the molecule is CNC(=O)N1CCC(Cc2ccc(CN3CCN(C)CC3)cc2)CC1.